The third-order valence-electron chi connectivity index (χ3n) is 14.4. The fourth-order valence-electron chi connectivity index (χ4n) is 10.3. The summed E-state index contributed by atoms with van der Waals surface area (Å²) in [6.07, 6.45) is 6.89. The summed E-state index contributed by atoms with van der Waals surface area (Å²) in [6, 6.07) is 18.0. The van der Waals surface area contributed by atoms with Crippen LogP contribution in [-0.4, -0.2) is 101 Å². The molecule has 3 amide bonds. The molecule has 1 aromatic carbocycles. The molecule has 5 aliphatic carbocycles. The molecule has 0 saturated heterocycles. The number of carbonyl (C=O) groups is 3. The number of nitrogens with one attached hydrogen (secondary N) is 3. The van der Waals surface area contributed by atoms with Gasteiger partial charge in [0.2, 0.25) is 17.7 Å². The van der Waals surface area contributed by atoms with Gasteiger partial charge in [-0.2, -0.15) is 15.3 Å². The summed E-state index contributed by atoms with van der Waals surface area (Å²) in [4.78, 5) is 84.1. The Morgan fingerprint density at radius 2 is 1.17 bits per heavy atom. The van der Waals surface area contributed by atoms with Crippen LogP contribution in [0.4, 0.5) is 0 Å². The molecule has 0 radical (unpaired) electrons. The number of amides is 3. The highest BCUT2D eigenvalue weighted by atomic mass is 35.5. The second kappa shape index (κ2) is 20.2. The molecule has 0 spiro atoms. The van der Waals surface area contributed by atoms with Gasteiger partial charge in [0.25, 0.3) is 16.7 Å². The van der Waals surface area contributed by atoms with Crippen LogP contribution >= 0.6 is 45.6 Å². The molecular weight excluding hydrogens is 1050 g/mol. The number of carbonyl (C=O) groups excluding carboxylic acids is 3. The summed E-state index contributed by atoms with van der Waals surface area (Å²) in [5.74, 6) is -0.777. The van der Waals surface area contributed by atoms with Crippen LogP contribution in [0.1, 0.15) is 79.8 Å². The van der Waals surface area contributed by atoms with Gasteiger partial charge in [0, 0.05) is 59.0 Å². The Balaban J connectivity index is 0.729. The molecule has 5 saturated carbocycles. The van der Waals surface area contributed by atoms with E-state index in [0.717, 1.165) is 49.8 Å². The van der Waals surface area contributed by atoms with Gasteiger partial charge in [-0.15, -0.1) is 30.6 Å². The van der Waals surface area contributed by atoms with Crippen LogP contribution in [-0.2, 0) is 39.4 Å². The number of aromatic nitrogens is 13. The molecule has 8 aromatic rings. The van der Waals surface area contributed by atoms with Gasteiger partial charge in [-0.05, 0) is 111 Å². The van der Waals surface area contributed by atoms with E-state index in [1.807, 2.05) is 24.3 Å². The van der Waals surface area contributed by atoms with Crippen molar-refractivity contribution in [2.24, 2.45) is 5.92 Å². The Morgan fingerprint density at radius 3 is 1.76 bits per heavy atom. The third-order valence-corrected chi connectivity index (χ3v) is 17.8. The van der Waals surface area contributed by atoms with Crippen LogP contribution in [0, 0.1) is 5.92 Å². The van der Waals surface area contributed by atoms with Gasteiger partial charge in [0.1, 0.15) is 52.4 Å². The molecule has 13 rings (SSSR count). The van der Waals surface area contributed by atoms with Crippen molar-refractivity contribution >= 4 is 63.3 Å². The molecule has 0 atom stereocenters. The van der Waals surface area contributed by atoms with Crippen molar-refractivity contribution < 1.29 is 14.4 Å². The second-order valence-corrected chi connectivity index (χ2v) is 23.0. The standard InChI is InChI=1S/C50H45ClN16O6S3/c1-2-52-36(68)22-66-40(72)18-33(43(64-66)48-60-61-49(76-48)50-19-25(20-50)21-50)28-15-31(16-28)55-38(70)24-67-41(73)17-32(42(63-67)47-59-56-44(74-47)26-6-5-7-29(51)12-26)27-13-30(14-27)54-37(69)23-65-39(71)10-9-35(62-65)46-58-57-45(75-46)34-8-3-4-11-53-34/h3-12,17-18,25,27-28,30-31H,2,13-16,19-24H2,1H3,(H,52,68)(H,54,69)(H,55,70). The Kier molecular flexibility index (Phi) is 13.1. The summed E-state index contributed by atoms with van der Waals surface area (Å²) in [5.41, 5.74) is 2.65. The van der Waals surface area contributed by atoms with Crippen LogP contribution in [0.5, 0.6) is 0 Å². The van der Waals surface area contributed by atoms with Crippen molar-refractivity contribution in [2.75, 3.05) is 6.54 Å². The van der Waals surface area contributed by atoms with E-state index in [-0.39, 0.29) is 54.9 Å². The number of hydrogen-bond donors (Lipinski definition) is 3. The summed E-state index contributed by atoms with van der Waals surface area (Å²) < 4.78 is 3.35. The smallest absolute Gasteiger partial charge is 0.267 e. The van der Waals surface area contributed by atoms with Gasteiger partial charge in [0.15, 0.2) is 20.0 Å². The van der Waals surface area contributed by atoms with Crippen LogP contribution in [0.2, 0.25) is 5.02 Å². The number of likely N-dealkylation sites (N-methyl/N-ethyl adjacent to an activating group) is 1. The van der Waals surface area contributed by atoms with Crippen LogP contribution in [0.15, 0.2) is 87.3 Å². The number of hydrogen-bond acceptors (Lipinski definition) is 19. The van der Waals surface area contributed by atoms with Crippen LogP contribution < -0.4 is 32.6 Å². The Bertz CT molecular complexity index is 3750. The van der Waals surface area contributed by atoms with Crippen molar-refractivity contribution in [1.82, 2.24) is 80.9 Å². The molecule has 5 aliphatic rings. The van der Waals surface area contributed by atoms with Crippen molar-refractivity contribution in [3.63, 3.8) is 0 Å². The number of benzene rings is 1. The van der Waals surface area contributed by atoms with Gasteiger partial charge >= 0.3 is 0 Å². The first kappa shape index (κ1) is 49.3. The van der Waals surface area contributed by atoms with Crippen molar-refractivity contribution in [2.45, 2.75) is 101 Å². The van der Waals surface area contributed by atoms with E-state index in [0.29, 0.717) is 96.2 Å². The summed E-state index contributed by atoms with van der Waals surface area (Å²) in [7, 11) is 0. The first-order chi connectivity index (χ1) is 36.8. The van der Waals surface area contributed by atoms with Crippen molar-refractivity contribution in [3.05, 3.63) is 125 Å². The van der Waals surface area contributed by atoms with Crippen LogP contribution in [0.25, 0.3) is 53.4 Å². The highest BCUT2D eigenvalue weighted by molar-refractivity contribution is 7.18. The summed E-state index contributed by atoms with van der Waals surface area (Å²) in [5, 5.41) is 53.1. The lowest BCUT2D eigenvalue weighted by atomic mass is 9.45. The highest BCUT2D eigenvalue weighted by Crippen LogP contribution is 2.65. The first-order valence-corrected chi connectivity index (χ1v) is 27.5. The van der Waals surface area contributed by atoms with Gasteiger partial charge in [-0.1, -0.05) is 63.8 Å². The van der Waals surface area contributed by atoms with Gasteiger partial charge in [-0.25, -0.2) is 14.0 Å². The highest BCUT2D eigenvalue weighted by Gasteiger charge is 2.59. The summed E-state index contributed by atoms with van der Waals surface area (Å²) in [6.45, 7) is 1.27. The lowest BCUT2D eigenvalue weighted by Crippen LogP contribution is -2.55. The van der Waals surface area contributed by atoms with E-state index in [1.54, 1.807) is 31.3 Å². The third kappa shape index (κ3) is 9.78. The SMILES string of the molecule is CCNC(=O)Cn1nc(-c2nnc(C34CC(C3)C4)s2)c(C2CC(NC(=O)Cn3nc(-c4nnc(-c5cccc(Cl)c5)s4)c(C4CC(NC(=O)Cn5nc(-c6nnc(-c7ccccn7)s6)ccc5=O)C4)cc3=O)C2)cc1=O. The molecular formula is C50H45ClN16O6S3. The van der Waals surface area contributed by atoms with Crippen molar-refractivity contribution in [3.8, 4) is 53.4 Å². The molecule has 22 nitrogen and oxygen atoms in total. The normalized spacial score (nSPS) is 21.1. The molecule has 0 unspecified atom stereocenters. The Hall–Kier alpha value is -7.61. The molecule has 26 heteroatoms. The fraction of sp³-hybridized carbons (Fsp3) is 0.360. The first-order valence-electron chi connectivity index (χ1n) is 24.7. The number of pyridine rings is 1. The average molecular weight is 1100 g/mol. The average Bonchev–Trinajstić information content (AvgIpc) is 4.28. The topological polar surface area (TPSA) is 282 Å². The maximum atomic E-state index is 13.9. The molecule has 3 N–H and O–H groups in total. The van der Waals surface area contributed by atoms with E-state index in [9.17, 15) is 28.8 Å². The van der Waals surface area contributed by atoms with E-state index < -0.39 is 28.5 Å². The quantitative estimate of drug-likeness (QED) is 0.112. The lowest BCUT2D eigenvalue weighted by molar-refractivity contribution is -0.124. The molecule has 76 heavy (non-hydrogen) atoms. The molecule has 386 valence electrons. The minimum Gasteiger partial charge on any atom is -0.355 e. The zero-order valence-electron chi connectivity index (χ0n) is 40.5. The zero-order valence-corrected chi connectivity index (χ0v) is 43.7. The maximum absolute atomic E-state index is 13.9. The fourth-order valence-corrected chi connectivity index (χ4v) is 13.2. The predicted octanol–water partition coefficient (Wildman–Crippen LogP) is 4.61. The number of nitrogens with zero attached hydrogens (tertiary/aromatic N) is 13. The Labute approximate surface area is 448 Å². The van der Waals surface area contributed by atoms with Gasteiger partial charge in [-0.3, -0.25) is 33.8 Å². The van der Waals surface area contributed by atoms with E-state index in [2.05, 4.69) is 61.7 Å². The lowest BCUT2D eigenvalue weighted by Gasteiger charge is -2.60. The van der Waals surface area contributed by atoms with E-state index in [1.165, 1.54) is 58.3 Å². The minimum absolute atomic E-state index is 0.0877. The monoisotopic (exact) mass is 1100 g/mol. The molecule has 7 heterocycles. The largest absolute Gasteiger partial charge is 0.355 e. The van der Waals surface area contributed by atoms with E-state index >= 15 is 0 Å². The van der Waals surface area contributed by atoms with E-state index in [4.69, 9.17) is 16.7 Å². The molecule has 2 bridgehead atoms. The van der Waals surface area contributed by atoms with Crippen LogP contribution in [0.3, 0.4) is 0 Å². The summed E-state index contributed by atoms with van der Waals surface area (Å²) >= 11 is 10.3. The molecule has 0 aliphatic heterocycles. The predicted molar refractivity (Wildman–Crippen MR) is 281 cm³/mol. The van der Waals surface area contributed by atoms with Gasteiger partial charge < -0.3 is 16.0 Å². The number of halogens is 1. The maximum Gasteiger partial charge on any atom is 0.267 e. The second-order valence-electron chi connectivity index (χ2n) is 19.6. The molecule has 7 aromatic heterocycles. The Morgan fingerprint density at radius 1 is 0.605 bits per heavy atom. The minimum atomic E-state index is -0.500. The van der Waals surface area contributed by atoms with Gasteiger partial charge in [0.05, 0.1) is 0 Å². The number of rotatable bonds is 17. The van der Waals surface area contributed by atoms with Crippen molar-refractivity contribution in [1.29, 1.82) is 0 Å². The zero-order chi connectivity index (χ0) is 52.2. The molecule has 5 fully saturated rings.